The number of hydrogen-bond acceptors (Lipinski definition) is 3. The van der Waals surface area contributed by atoms with E-state index in [1.807, 2.05) is 6.07 Å². The van der Waals surface area contributed by atoms with Gasteiger partial charge in [0.2, 0.25) is 0 Å². The minimum absolute atomic E-state index is 0.222. The van der Waals surface area contributed by atoms with Crippen molar-refractivity contribution in [3.8, 4) is 5.75 Å². The van der Waals surface area contributed by atoms with Gasteiger partial charge < -0.3 is 9.84 Å². The van der Waals surface area contributed by atoms with Gasteiger partial charge in [0.25, 0.3) is 0 Å². The molecule has 0 aromatic heterocycles. The van der Waals surface area contributed by atoms with Crippen LogP contribution < -0.4 is 0 Å². The van der Waals surface area contributed by atoms with Crippen molar-refractivity contribution < 1.29 is 14.6 Å². The van der Waals surface area contributed by atoms with Crippen LogP contribution in [0.5, 0.6) is 5.75 Å². The molecule has 0 fully saturated rings. The van der Waals surface area contributed by atoms with Gasteiger partial charge in [0, 0.05) is 0 Å². The fraction of sp³-hybridized carbons (Fsp3) is 0.312. The number of phenols is 1. The van der Waals surface area contributed by atoms with Crippen molar-refractivity contribution in [3.05, 3.63) is 42.0 Å². The molecule has 0 amide bonds. The quantitative estimate of drug-likeness (QED) is 0.849. The van der Waals surface area contributed by atoms with Crippen molar-refractivity contribution >= 4 is 16.7 Å². The number of hydrogen-bond donors (Lipinski definition) is 1. The second-order valence-electron chi connectivity index (χ2n) is 5.06. The van der Waals surface area contributed by atoms with E-state index in [0.29, 0.717) is 18.1 Å². The Hall–Kier alpha value is -2.03. The number of aromatic hydroxyl groups is 1. The Bertz CT molecular complexity index is 588. The minimum Gasteiger partial charge on any atom is -0.508 e. The van der Waals surface area contributed by atoms with Crippen LogP contribution in [0.3, 0.4) is 0 Å². The van der Waals surface area contributed by atoms with E-state index in [2.05, 4.69) is 13.8 Å². The monoisotopic (exact) mass is 258 g/mol. The lowest BCUT2D eigenvalue weighted by Gasteiger charge is -2.07. The highest BCUT2D eigenvalue weighted by atomic mass is 16.5. The smallest absolute Gasteiger partial charge is 0.338 e. The highest BCUT2D eigenvalue weighted by Crippen LogP contribution is 2.21. The van der Waals surface area contributed by atoms with Crippen LogP contribution in [-0.4, -0.2) is 17.7 Å². The van der Waals surface area contributed by atoms with Crippen LogP contribution in [0.4, 0.5) is 0 Å². The maximum absolute atomic E-state index is 11.9. The summed E-state index contributed by atoms with van der Waals surface area (Å²) in [5, 5.41) is 11.2. The zero-order chi connectivity index (χ0) is 13.8. The fourth-order valence-electron chi connectivity index (χ4n) is 1.83. The third kappa shape index (κ3) is 3.47. The molecule has 0 saturated carbocycles. The summed E-state index contributed by atoms with van der Waals surface area (Å²) < 4.78 is 5.22. The SMILES string of the molecule is CC(C)CCOC(=O)c1ccc2cc(O)ccc2c1. The molecule has 3 heteroatoms. The van der Waals surface area contributed by atoms with E-state index in [1.165, 1.54) is 0 Å². The summed E-state index contributed by atoms with van der Waals surface area (Å²) in [6.45, 7) is 4.64. The average Bonchev–Trinajstić information content (AvgIpc) is 2.37. The summed E-state index contributed by atoms with van der Waals surface area (Å²) in [7, 11) is 0. The molecule has 1 N–H and O–H groups in total. The average molecular weight is 258 g/mol. The molecule has 2 aromatic rings. The molecular weight excluding hydrogens is 240 g/mol. The van der Waals surface area contributed by atoms with Crippen molar-refractivity contribution in [1.29, 1.82) is 0 Å². The molecule has 2 aromatic carbocycles. The minimum atomic E-state index is -0.296. The van der Waals surface area contributed by atoms with Gasteiger partial charge in [-0.3, -0.25) is 0 Å². The van der Waals surface area contributed by atoms with Crippen LogP contribution in [0.2, 0.25) is 0 Å². The molecule has 0 bridgehead atoms. The topological polar surface area (TPSA) is 46.5 Å². The van der Waals surface area contributed by atoms with Gasteiger partial charge in [0.05, 0.1) is 12.2 Å². The first-order valence-corrected chi connectivity index (χ1v) is 6.46. The number of phenolic OH excluding ortho intramolecular Hbond substituents is 1. The molecule has 0 aliphatic carbocycles. The van der Waals surface area contributed by atoms with Crippen LogP contribution in [0.15, 0.2) is 36.4 Å². The van der Waals surface area contributed by atoms with Crippen LogP contribution in [0.25, 0.3) is 10.8 Å². The summed E-state index contributed by atoms with van der Waals surface area (Å²) >= 11 is 0. The molecule has 0 spiro atoms. The number of benzene rings is 2. The third-order valence-electron chi connectivity index (χ3n) is 2.99. The van der Waals surface area contributed by atoms with Crippen molar-refractivity contribution in [1.82, 2.24) is 0 Å². The van der Waals surface area contributed by atoms with Gasteiger partial charge in [0.1, 0.15) is 5.75 Å². The van der Waals surface area contributed by atoms with E-state index in [0.717, 1.165) is 17.2 Å². The Morgan fingerprint density at radius 2 is 1.84 bits per heavy atom. The standard InChI is InChI=1S/C16H18O3/c1-11(2)7-8-19-16(18)14-4-3-13-10-15(17)6-5-12(13)9-14/h3-6,9-11,17H,7-8H2,1-2H3. The maximum atomic E-state index is 11.9. The normalized spacial score (nSPS) is 10.9. The van der Waals surface area contributed by atoms with E-state index < -0.39 is 0 Å². The van der Waals surface area contributed by atoms with E-state index in [1.54, 1.807) is 30.3 Å². The van der Waals surface area contributed by atoms with Gasteiger partial charge in [-0.15, -0.1) is 0 Å². The summed E-state index contributed by atoms with van der Waals surface area (Å²) in [5.74, 6) is 0.447. The lowest BCUT2D eigenvalue weighted by Crippen LogP contribution is -2.07. The summed E-state index contributed by atoms with van der Waals surface area (Å²) in [5.41, 5.74) is 0.543. The predicted octanol–water partition coefficient (Wildman–Crippen LogP) is 3.75. The predicted molar refractivity (Wildman–Crippen MR) is 75.4 cm³/mol. The van der Waals surface area contributed by atoms with E-state index in [-0.39, 0.29) is 11.7 Å². The number of fused-ring (bicyclic) bond motifs is 1. The summed E-state index contributed by atoms with van der Waals surface area (Å²) in [6.07, 6.45) is 0.868. The van der Waals surface area contributed by atoms with Crippen LogP contribution >= 0.6 is 0 Å². The molecule has 0 heterocycles. The highest BCUT2D eigenvalue weighted by Gasteiger charge is 2.08. The number of esters is 1. The first-order chi connectivity index (χ1) is 9.06. The van der Waals surface area contributed by atoms with Gasteiger partial charge in [-0.25, -0.2) is 4.79 Å². The zero-order valence-electron chi connectivity index (χ0n) is 11.2. The van der Waals surface area contributed by atoms with E-state index >= 15 is 0 Å². The Morgan fingerprint density at radius 1 is 1.16 bits per heavy atom. The summed E-state index contributed by atoms with van der Waals surface area (Å²) in [6, 6.07) is 10.4. The van der Waals surface area contributed by atoms with Crippen molar-refractivity contribution in [3.63, 3.8) is 0 Å². The first-order valence-electron chi connectivity index (χ1n) is 6.46. The molecule has 3 nitrogen and oxygen atoms in total. The van der Waals surface area contributed by atoms with Gasteiger partial charge in [-0.05, 0) is 47.4 Å². The highest BCUT2D eigenvalue weighted by molar-refractivity contribution is 5.95. The number of carbonyl (C=O) groups is 1. The first kappa shape index (κ1) is 13.4. The molecule has 0 radical (unpaired) electrons. The Labute approximate surface area is 112 Å². The molecule has 100 valence electrons. The van der Waals surface area contributed by atoms with Crippen LogP contribution in [-0.2, 0) is 4.74 Å². The van der Waals surface area contributed by atoms with Gasteiger partial charge in [-0.1, -0.05) is 26.0 Å². The Balaban J connectivity index is 2.12. The van der Waals surface area contributed by atoms with Crippen LogP contribution in [0, 0.1) is 5.92 Å². The second-order valence-corrected chi connectivity index (χ2v) is 5.06. The number of ether oxygens (including phenoxy) is 1. The molecule has 2 rings (SSSR count). The van der Waals surface area contributed by atoms with Gasteiger partial charge in [-0.2, -0.15) is 0 Å². The molecular formula is C16H18O3. The van der Waals surface area contributed by atoms with Gasteiger partial charge in [0.15, 0.2) is 0 Å². The Morgan fingerprint density at radius 3 is 2.58 bits per heavy atom. The van der Waals surface area contributed by atoms with Crippen LogP contribution in [0.1, 0.15) is 30.6 Å². The molecule has 0 unspecified atom stereocenters. The van der Waals surface area contributed by atoms with Gasteiger partial charge >= 0.3 is 5.97 Å². The van der Waals surface area contributed by atoms with Crippen molar-refractivity contribution in [2.45, 2.75) is 20.3 Å². The zero-order valence-corrected chi connectivity index (χ0v) is 11.2. The largest absolute Gasteiger partial charge is 0.508 e. The van der Waals surface area contributed by atoms with E-state index in [4.69, 9.17) is 4.74 Å². The lowest BCUT2D eigenvalue weighted by molar-refractivity contribution is 0.0488. The Kier molecular flexibility index (Phi) is 4.05. The van der Waals surface area contributed by atoms with Crippen molar-refractivity contribution in [2.75, 3.05) is 6.61 Å². The molecule has 0 aliphatic rings. The number of rotatable bonds is 4. The third-order valence-corrected chi connectivity index (χ3v) is 2.99. The second kappa shape index (κ2) is 5.74. The molecule has 0 atom stereocenters. The lowest BCUT2D eigenvalue weighted by atomic mass is 10.1. The number of carbonyl (C=O) groups excluding carboxylic acids is 1. The molecule has 0 saturated heterocycles. The molecule has 0 aliphatic heterocycles. The fourth-order valence-corrected chi connectivity index (χ4v) is 1.83. The molecule has 19 heavy (non-hydrogen) atoms. The van der Waals surface area contributed by atoms with E-state index in [9.17, 15) is 9.90 Å². The van der Waals surface area contributed by atoms with Crippen molar-refractivity contribution in [2.24, 2.45) is 5.92 Å². The summed E-state index contributed by atoms with van der Waals surface area (Å²) in [4.78, 5) is 11.9. The maximum Gasteiger partial charge on any atom is 0.338 e.